The molecule has 1 saturated heterocycles. The number of nitrogens with two attached hydrogens (primary N) is 1. The van der Waals surface area contributed by atoms with E-state index in [1.165, 1.54) is 15.7 Å². The molecule has 0 spiro atoms. The van der Waals surface area contributed by atoms with Crippen LogP contribution in [0.1, 0.15) is 6.42 Å². The van der Waals surface area contributed by atoms with Crippen LogP contribution in [0.25, 0.3) is 4.96 Å². The van der Waals surface area contributed by atoms with Crippen LogP contribution in [0.2, 0.25) is 0 Å². The fourth-order valence-electron chi connectivity index (χ4n) is 1.95. The van der Waals surface area contributed by atoms with Gasteiger partial charge in [0, 0.05) is 24.2 Å². The van der Waals surface area contributed by atoms with E-state index in [-0.39, 0.29) is 16.9 Å². The number of aromatic nitrogens is 2. The first kappa shape index (κ1) is 11.9. The quantitative estimate of drug-likeness (QED) is 0.831. The van der Waals surface area contributed by atoms with E-state index in [2.05, 4.69) is 9.71 Å². The molecule has 18 heavy (non-hydrogen) atoms. The third kappa shape index (κ3) is 1.88. The van der Waals surface area contributed by atoms with Crippen molar-refractivity contribution in [3.63, 3.8) is 0 Å². The van der Waals surface area contributed by atoms with E-state index in [0.29, 0.717) is 24.6 Å². The summed E-state index contributed by atoms with van der Waals surface area (Å²) in [6.45, 7) is 0.966. The van der Waals surface area contributed by atoms with Crippen molar-refractivity contribution in [2.45, 2.75) is 17.5 Å². The first-order valence-electron chi connectivity index (χ1n) is 5.39. The number of sulfonamides is 1. The average molecular weight is 288 g/mol. The van der Waals surface area contributed by atoms with Crippen molar-refractivity contribution in [2.24, 2.45) is 0 Å². The highest BCUT2D eigenvalue weighted by Crippen LogP contribution is 2.23. The van der Waals surface area contributed by atoms with E-state index >= 15 is 0 Å². The van der Waals surface area contributed by atoms with Gasteiger partial charge >= 0.3 is 0 Å². The van der Waals surface area contributed by atoms with Gasteiger partial charge in [0.2, 0.25) is 0 Å². The molecule has 1 unspecified atom stereocenters. The summed E-state index contributed by atoms with van der Waals surface area (Å²) in [6, 6.07) is -0.196. The second kappa shape index (κ2) is 4.19. The van der Waals surface area contributed by atoms with Gasteiger partial charge in [-0.2, -0.15) is 0 Å². The number of hydrogen-bond donors (Lipinski definition) is 2. The van der Waals surface area contributed by atoms with Crippen LogP contribution in [-0.2, 0) is 14.8 Å². The highest BCUT2D eigenvalue weighted by molar-refractivity contribution is 7.89. The molecule has 0 amide bonds. The molecule has 1 atom stereocenters. The van der Waals surface area contributed by atoms with Crippen LogP contribution in [0.5, 0.6) is 0 Å². The zero-order valence-electron chi connectivity index (χ0n) is 9.37. The van der Waals surface area contributed by atoms with Crippen LogP contribution < -0.4 is 10.5 Å². The lowest BCUT2D eigenvalue weighted by Gasteiger charge is -2.10. The fourth-order valence-corrected chi connectivity index (χ4v) is 4.19. The van der Waals surface area contributed by atoms with Gasteiger partial charge < -0.3 is 10.5 Å². The smallest absolute Gasteiger partial charge is 0.260 e. The van der Waals surface area contributed by atoms with E-state index in [9.17, 15) is 8.42 Å². The van der Waals surface area contributed by atoms with Crippen LogP contribution in [0.4, 0.5) is 5.82 Å². The number of thiazole rings is 1. The summed E-state index contributed by atoms with van der Waals surface area (Å²) in [7, 11) is -3.68. The molecule has 9 heteroatoms. The number of imidazole rings is 1. The Hall–Kier alpha value is -1.16. The molecule has 3 N–H and O–H groups in total. The van der Waals surface area contributed by atoms with Crippen molar-refractivity contribution < 1.29 is 13.2 Å². The molecular weight excluding hydrogens is 276 g/mol. The summed E-state index contributed by atoms with van der Waals surface area (Å²) < 4.78 is 33.8. The molecule has 2 aromatic rings. The summed E-state index contributed by atoms with van der Waals surface area (Å²) in [4.78, 5) is 4.59. The first-order chi connectivity index (χ1) is 8.58. The van der Waals surface area contributed by atoms with Gasteiger partial charge in [-0.3, -0.25) is 4.40 Å². The molecule has 3 heterocycles. The van der Waals surface area contributed by atoms with Gasteiger partial charge in [-0.1, -0.05) is 0 Å². The number of nitrogen functional groups attached to an aromatic ring is 1. The minimum Gasteiger partial charge on any atom is -0.381 e. The number of hydrogen-bond acceptors (Lipinski definition) is 6. The SMILES string of the molecule is Nc1nc2sccn2c1S(=O)(=O)NC1CCOC1. The minimum atomic E-state index is -3.68. The molecule has 1 aliphatic heterocycles. The Morgan fingerprint density at radius 3 is 3.17 bits per heavy atom. The highest BCUT2D eigenvalue weighted by atomic mass is 32.2. The number of fused-ring (bicyclic) bond motifs is 1. The predicted molar refractivity (Wildman–Crippen MR) is 67.0 cm³/mol. The lowest BCUT2D eigenvalue weighted by molar-refractivity contribution is 0.192. The Kier molecular flexibility index (Phi) is 2.77. The second-order valence-corrected chi connectivity index (χ2v) is 6.54. The van der Waals surface area contributed by atoms with Crippen molar-refractivity contribution in [3.8, 4) is 0 Å². The maximum absolute atomic E-state index is 12.3. The van der Waals surface area contributed by atoms with Crippen LogP contribution in [0, 0.1) is 0 Å². The number of rotatable bonds is 3. The van der Waals surface area contributed by atoms with Crippen LogP contribution in [0.3, 0.4) is 0 Å². The lowest BCUT2D eigenvalue weighted by Crippen LogP contribution is -2.35. The van der Waals surface area contributed by atoms with E-state index in [0.717, 1.165) is 0 Å². The molecule has 0 bridgehead atoms. The van der Waals surface area contributed by atoms with Gasteiger partial charge in [0.15, 0.2) is 15.8 Å². The van der Waals surface area contributed by atoms with Gasteiger partial charge in [0.1, 0.15) is 0 Å². The largest absolute Gasteiger partial charge is 0.381 e. The minimum absolute atomic E-state index is 0.00523. The average Bonchev–Trinajstić information content (AvgIpc) is 2.92. The Labute approximate surface area is 108 Å². The van der Waals surface area contributed by atoms with Gasteiger partial charge in [0.25, 0.3) is 10.0 Å². The molecule has 98 valence electrons. The fraction of sp³-hybridized carbons (Fsp3) is 0.444. The normalized spacial score (nSPS) is 20.8. The zero-order valence-corrected chi connectivity index (χ0v) is 11.0. The molecule has 0 radical (unpaired) electrons. The van der Waals surface area contributed by atoms with Crippen LogP contribution in [-0.4, -0.2) is 37.1 Å². The Morgan fingerprint density at radius 1 is 1.61 bits per heavy atom. The molecule has 1 fully saturated rings. The second-order valence-electron chi connectivity index (χ2n) is 4.04. The van der Waals surface area contributed by atoms with Crippen molar-refractivity contribution in [3.05, 3.63) is 11.6 Å². The van der Waals surface area contributed by atoms with Gasteiger partial charge in [0.05, 0.1) is 6.61 Å². The molecule has 1 aliphatic rings. The number of anilines is 1. The van der Waals surface area contributed by atoms with Crippen molar-refractivity contribution >= 4 is 32.1 Å². The highest BCUT2D eigenvalue weighted by Gasteiger charge is 2.28. The molecular formula is C9H12N4O3S2. The zero-order chi connectivity index (χ0) is 12.8. The Bertz CT molecular complexity index is 669. The number of ether oxygens (including phenoxy) is 1. The predicted octanol–water partition coefficient (Wildman–Crippen LogP) is 0.0452. The number of nitrogens with zero attached hydrogens (tertiary/aromatic N) is 2. The third-order valence-electron chi connectivity index (χ3n) is 2.75. The molecule has 0 saturated carbocycles. The van der Waals surface area contributed by atoms with Crippen LogP contribution >= 0.6 is 11.3 Å². The van der Waals surface area contributed by atoms with Crippen molar-refractivity contribution in [2.75, 3.05) is 18.9 Å². The van der Waals surface area contributed by atoms with Gasteiger partial charge in [-0.05, 0) is 6.42 Å². The summed E-state index contributed by atoms with van der Waals surface area (Å²) in [5.74, 6) is 0.0215. The van der Waals surface area contributed by atoms with Gasteiger partial charge in [-0.15, -0.1) is 11.3 Å². The molecule has 3 rings (SSSR count). The molecule has 7 nitrogen and oxygen atoms in total. The van der Waals surface area contributed by atoms with Crippen molar-refractivity contribution in [1.29, 1.82) is 0 Å². The standard InChI is InChI=1S/C9H12N4O3S2/c10-7-8(13-2-4-17-9(13)11-7)18(14,15)12-6-1-3-16-5-6/h2,4,6,12H,1,3,5,10H2. The topological polar surface area (TPSA) is 98.7 Å². The van der Waals surface area contributed by atoms with E-state index in [1.54, 1.807) is 11.6 Å². The van der Waals surface area contributed by atoms with E-state index in [4.69, 9.17) is 10.5 Å². The number of nitrogens with one attached hydrogen (secondary N) is 1. The van der Waals surface area contributed by atoms with E-state index in [1.807, 2.05) is 0 Å². The monoisotopic (exact) mass is 288 g/mol. The maximum Gasteiger partial charge on any atom is 0.260 e. The molecule has 0 aromatic carbocycles. The summed E-state index contributed by atoms with van der Waals surface area (Å²) in [5, 5.41) is 1.77. The summed E-state index contributed by atoms with van der Waals surface area (Å²) >= 11 is 1.34. The maximum atomic E-state index is 12.3. The van der Waals surface area contributed by atoms with E-state index < -0.39 is 10.0 Å². The Balaban J connectivity index is 2.01. The van der Waals surface area contributed by atoms with Crippen LogP contribution in [0.15, 0.2) is 16.6 Å². The lowest BCUT2D eigenvalue weighted by atomic mass is 10.3. The van der Waals surface area contributed by atoms with Crippen molar-refractivity contribution in [1.82, 2.24) is 14.1 Å². The molecule has 2 aromatic heterocycles. The molecule has 0 aliphatic carbocycles. The third-order valence-corrected chi connectivity index (χ3v) is 5.06. The summed E-state index contributed by atoms with van der Waals surface area (Å²) in [5.41, 5.74) is 5.68. The first-order valence-corrected chi connectivity index (χ1v) is 7.75. The van der Waals surface area contributed by atoms with Gasteiger partial charge in [-0.25, -0.2) is 18.1 Å². The Morgan fingerprint density at radius 2 is 2.44 bits per heavy atom. The summed E-state index contributed by atoms with van der Waals surface area (Å²) in [6.07, 6.45) is 2.31.